The molecule has 0 unspecified atom stereocenters. The molecule has 124 valence electrons. The summed E-state index contributed by atoms with van der Waals surface area (Å²) in [5.74, 6) is -0.479. The number of benzene rings is 1. The molecule has 1 saturated carbocycles. The molecule has 0 aromatic heterocycles. The fourth-order valence-electron chi connectivity index (χ4n) is 4.12. The highest BCUT2D eigenvalue weighted by Crippen LogP contribution is 2.49. The first kappa shape index (κ1) is 15.8. The van der Waals surface area contributed by atoms with Crippen LogP contribution < -0.4 is 0 Å². The Kier molecular flexibility index (Phi) is 4.55. The Labute approximate surface area is 136 Å². The van der Waals surface area contributed by atoms with Crippen molar-refractivity contribution in [1.82, 2.24) is 4.90 Å². The molecule has 1 aromatic carbocycles. The highest BCUT2D eigenvalue weighted by molar-refractivity contribution is 5.70. The minimum absolute atomic E-state index is 0.153. The molecule has 1 aromatic rings. The first-order valence-corrected chi connectivity index (χ1v) is 8.26. The molecule has 0 radical (unpaired) electrons. The van der Waals surface area contributed by atoms with Crippen molar-refractivity contribution in [3.63, 3.8) is 0 Å². The molecule has 1 aliphatic carbocycles. The molecule has 1 heterocycles. The van der Waals surface area contributed by atoms with Crippen LogP contribution in [0.4, 0.5) is 4.79 Å². The number of hydrogen-bond donors (Lipinski definition) is 1. The maximum absolute atomic E-state index is 12.3. The Morgan fingerprint density at radius 1 is 1.26 bits per heavy atom. The molecule has 3 rings (SSSR count). The van der Waals surface area contributed by atoms with E-state index in [0.29, 0.717) is 13.1 Å². The van der Waals surface area contributed by atoms with Crippen LogP contribution in [0, 0.1) is 11.3 Å². The summed E-state index contributed by atoms with van der Waals surface area (Å²) in [5.41, 5.74) is 0.702. The number of ether oxygens (including phenoxy) is 1. The molecule has 2 aliphatic rings. The number of carbonyl (C=O) groups is 2. The van der Waals surface area contributed by atoms with Gasteiger partial charge in [-0.3, -0.25) is 4.79 Å². The van der Waals surface area contributed by atoms with Gasteiger partial charge in [-0.05, 0) is 24.3 Å². The van der Waals surface area contributed by atoms with E-state index in [4.69, 9.17) is 4.74 Å². The Hall–Kier alpha value is -2.04. The van der Waals surface area contributed by atoms with Crippen molar-refractivity contribution in [3.8, 4) is 0 Å². The molecular weight excluding hydrogens is 294 g/mol. The van der Waals surface area contributed by atoms with Gasteiger partial charge in [0, 0.05) is 18.5 Å². The zero-order chi connectivity index (χ0) is 16.3. The third-order valence-corrected chi connectivity index (χ3v) is 5.26. The van der Waals surface area contributed by atoms with Gasteiger partial charge >= 0.3 is 12.1 Å². The van der Waals surface area contributed by atoms with E-state index in [2.05, 4.69) is 0 Å². The Morgan fingerprint density at radius 3 is 2.78 bits per heavy atom. The van der Waals surface area contributed by atoms with Crippen LogP contribution in [0.5, 0.6) is 0 Å². The summed E-state index contributed by atoms with van der Waals surface area (Å²) in [6.45, 7) is 1.39. The average Bonchev–Trinajstić information content (AvgIpc) is 2.92. The molecule has 1 N–H and O–H groups in total. The molecule has 2 fully saturated rings. The molecule has 1 aliphatic heterocycles. The number of carbonyl (C=O) groups excluding carboxylic acids is 1. The summed E-state index contributed by atoms with van der Waals surface area (Å²) in [4.78, 5) is 25.3. The molecular formula is C18H23NO4. The van der Waals surface area contributed by atoms with Crippen molar-refractivity contribution < 1.29 is 19.4 Å². The van der Waals surface area contributed by atoms with Crippen molar-refractivity contribution in [3.05, 3.63) is 35.9 Å². The predicted octanol–water partition coefficient (Wildman–Crippen LogP) is 3.29. The second kappa shape index (κ2) is 6.60. The van der Waals surface area contributed by atoms with E-state index in [-0.39, 0.29) is 30.5 Å². The van der Waals surface area contributed by atoms with Crippen molar-refractivity contribution >= 4 is 12.1 Å². The molecule has 5 nitrogen and oxygen atoms in total. The van der Waals surface area contributed by atoms with Crippen molar-refractivity contribution in [2.45, 2.75) is 38.7 Å². The van der Waals surface area contributed by atoms with Crippen LogP contribution in [0.2, 0.25) is 0 Å². The Morgan fingerprint density at radius 2 is 2.04 bits per heavy atom. The standard InChI is InChI=1S/C18H23NO4/c20-16(21)10-18-9-5-4-8-15(18)11-19(13-18)17(22)23-12-14-6-2-1-3-7-14/h1-3,6-7,15H,4-5,8-13H2,(H,20,21)/t15-,18+/m0/s1. The van der Waals surface area contributed by atoms with Gasteiger partial charge < -0.3 is 14.7 Å². The average molecular weight is 317 g/mol. The Balaban J connectivity index is 1.62. The quantitative estimate of drug-likeness (QED) is 0.925. The minimum atomic E-state index is -0.767. The van der Waals surface area contributed by atoms with E-state index in [9.17, 15) is 14.7 Å². The van der Waals surface area contributed by atoms with Gasteiger partial charge in [-0.15, -0.1) is 0 Å². The van der Waals surface area contributed by atoms with Gasteiger partial charge in [0.2, 0.25) is 0 Å². The normalized spacial score (nSPS) is 26.6. The number of hydrogen-bond acceptors (Lipinski definition) is 3. The van der Waals surface area contributed by atoms with Crippen LogP contribution >= 0.6 is 0 Å². The summed E-state index contributed by atoms with van der Waals surface area (Å²) in [7, 11) is 0. The van der Waals surface area contributed by atoms with Crippen LogP contribution in [-0.2, 0) is 16.1 Å². The molecule has 0 spiro atoms. The summed E-state index contributed by atoms with van der Waals surface area (Å²) < 4.78 is 5.41. The van der Waals surface area contributed by atoms with Crippen LogP contribution in [0.15, 0.2) is 30.3 Å². The summed E-state index contributed by atoms with van der Waals surface area (Å²) in [5, 5.41) is 9.25. The summed E-state index contributed by atoms with van der Waals surface area (Å²) in [6.07, 6.45) is 3.91. The highest BCUT2D eigenvalue weighted by atomic mass is 16.6. The van der Waals surface area contributed by atoms with Gasteiger partial charge in [-0.2, -0.15) is 0 Å². The first-order valence-electron chi connectivity index (χ1n) is 8.26. The lowest BCUT2D eigenvalue weighted by atomic mass is 9.66. The zero-order valence-electron chi connectivity index (χ0n) is 13.2. The van der Waals surface area contributed by atoms with Crippen LogP contribution in [0.3, 0.4) is 0 Å². The number of fused-ring (bicyclic) bond motifs is 1. The number of aliphatic carboxylic acids is 1. The van der Waals surface area contributed by atoms with Crippen LogP contribution in [-0.4, -0.2) is 35.2 Å². The van der Waals surface area contributed by atoms with Gasteiger partial charge in [-0.25, -0.2) is 4.79 Å². The number of carboxylic acid groups (broad SMARTS) is 1. The summed E-state index contributed by atoms with van der Waals surface area (Å²) >= 11 is 0. The number of rotatable bonds is 4. The van der Waals surface area contributed by atoms with E-state index in [1.807, 2.05) is 30.3 Å². The fraction of sp³-hybridized carbons (Fsp3) is 0.556. The second-order valence-electron chi connectivity index (χ2n) is 6.80. The number of carboxylic acids is 1. The largest absolute Gasteiger partial charge is 0.481 e. The van der Waals surface area contributed by atoms with Gasteiger partial charge in [0.1, 0.15) is 6.61 Å². The smallest absolute Gasteiger partial charge is 0.410 e. The lowest BCUT2D eigenvalue weighted by Crippen LogP contribution is -2.36. The fourth-order valence-corrected chi connectivity index (χ4v) is 4.12. The lowest BCUT2D eigenvalue weighted by Gasteiger charge is -2.37. The van der Waals surface area contributed by atoms with E-state index >= 15 is 0 Å². The summed E-state index contributed by atoms with van der Waals surface area (Å²) in [6, 6.07) is 9.59. The maximum Gasteiger partial charge on any atom is 0.410 e. The Bertz CT molecular complexity index is 574. The van der Waals surface area contributed by atoms with Crippen LogP contribution in [0.25, 0.3) is 0 Å². The van der Waals surface area contributed by atoms with Crippen molar-refractivity contribution in [1.29, 1.82) is 0 Å². The number of likely N-dealkylation sites (tertiary alicyclic amines) is 1. The third kappa shape index (κ3) is 3.49. The lowest BCUT2D eigenvalue weighted by molar-refractivity contribution is -0.140. The second-order valence-corrected chi connectivity index (χ2v) is 6.80. The topological polar surface area (TPSA) is 66.8 Å². The molecule has 2 atom stereocenters. The van der Waals surface area contributed by atoms with Crippen LogP contribution in [0.1, 0.15) is 37.7 Å². The zero-order valence-corrected chi connectivity index (χ0v) is 13.2. The van der Waals surface area contributed by atoms with Gasteiger partial charge in [0.05, 0.1) is 6.42 Å². The minimum Gasteiger partial charge on any atom is -0.481 e. The van der Waals surface area contributed by atoms with Crippen molar-refractivity contribution in [2.75, 3.05) is 13.1 Å². The molecule has 1 saturated heterocycles. The van der Waals surface area contributed by atoms with E-state index in [0.717, 1.165) is 31.2 Å². The van der Waals surface area contributed by atoms with E-state index in [1.54, 1.807) is 4.90 Å². The van der Waals surface area contributed by atoms with E-state index in [1.165, 1.54) is 0 Å². The monoisotopic (exact) mass is 317 g/mol. The van der Waals surface area contributed by atoms with Gasteiger partial charge in [0.15, 0.2) is 0 Å². The third-order valence-electron chi connectivity index (χ3n) is 5.26. The van der Waals surface area contributed by atoms with Gasteiger partial charge in [0.25, 0.3) is 0 Å². The van der Waals surface area contributed by atoms with Gasteiger partial charge in [-0.1, -0.05) is 43.2 Å². The highest BCUT2D eigenvalue weighted by Gasteiger charge is 2.50. The predicted molar refractivity (Wildman–Crippen MR) is 84.8 cm³/mol. The number of amides is 1. The first-order chi connectivity index (χ1) is 11.1. The van der Waals surface area contributed by atoms with Crippen molar-refractivity contribution in [2.24, 2.45) is 11.3 Å². The number of nitrogens with zero attached hydrogens (tertiary/aromatic N) is 1. The SMILES string of the molecule is O=C(O)C[C@@]12CCCC[C@H]1CN(C(=O)OCc1ccccc1)C2. The maximum atomic E-state index is 12.3. The van der Waals surface area contributed by atoms with E-state index < -0.39 is 5.97 Å². The molecule has 0 bridgehead atoms. The molecule has 5 heteroatoms. The molecule has 23 heavy (non-hydrogen) atoms. The molecule has 1 amide bonds.